The highest BCUT2D eigenvalue weighted by Crippen LogP contribution is 2.19. The van der Waals surface area contributed by atoms with Crippen molar-refractivity contribution in [3.63, 3.8) is 0 Å². The number of aromatic nitrogens is 1. The van der Waals surface area contributed by atoms with E-state index in [1.165, 1.54) is 17.7 Å². The Morgan fingerprint density at radius 2 is 1.71 bits per heavy atom. The molecular formula is C31H35F2N3O2. The van der Waals surface area contributed by atoms with E-state index in [-0.39, 0.29) is 18.9 Å². The first-order chi connectivity index (χ1) is 18.4. The predicted molar refractivity (Wildman–Crippen MR) is 147 cm³/mol. The van der Waals surface area contributed by atoms with Crippen LogP contribution in [-0.4, -0.2) is 34.3 Å². The van der Waals surface area contributed by atoms with Crippen LogP contribution in [0.15, 0.2) is 72.9 Å². The largest absolute Gasteiger partial charge is 0.390 e. The summed E-state index contributed by atoms with van der Waals surface area (Å²) in [5.41, 5.74) is 4.09. The summed E-state index contributed by atoms with van der Waals surface area (Å²) in [5, 5.41) is 18.3. The van der Waals surface area contributed by atoms with Crippen LogP contribution in [0, 0.1) is 11.6 Å². The van der Waals surface area contributed by atoms with Gasteiger partial charge in [0.1, 0.15) is 11.6 Å². The molecule has 0 aliphatic carbocycles. The van der Waals surface area contributed by atoms with Gasteiger partial charge in [-0.25, -0.2) is 8.78 Å². The van der Waals surface area contributed by atoms with Gasteiger partial charge in [0, 0.05) is 43.0 Å². The number of benzene rings is 3. The van der Waals surface area contributed by atoms with Crippen LogP contribution in [0.2, 0.25) is 0 Å². The number of aryl methyl sites for hydroxylation is 2. The maximum Gasteiger partial charge on any atom is 0.251 e. The summed E-state index contributed by atoms with van der Waals surface area (Å²) in [6.07, 6.45) is 2.98. The van der Waals surface area contributed by atoms with Gasteiger partial charge in [-0.3, -0.25) is 4.79 Å². The van der Waals surface area contributed by atoms with Gasteiger partial charge in [-0.2, -0.15) is 0 Å². The second kappa shape index (κ2) is 12.8. The van der Waals surface area contributed by atoms with Crippen LogP contribution in [0.25, 0.3) is 10.9 Å². The Bertz CT molecular complexity index is 1360. The quantitative estimate of drug-likeness (QED) is 0.235. The SMILES string of the molecule is CCCn1ccc2ccc(C(=O)N[C@@H](Cc3cc(F)cc(F)c3)[C@H](O)CNCc3cccc(CC)c3)cc21. The fourth-order valence-electron chi connectivity index (χ4n) is 4.74. The predicted octanol–water partition coefficient (Wildman–Crippen LogP) is 5.38. The monoisotopic (exact) mass is 519 g/mol. The summed E-state index contributed by atoms with van der Waals surface area (Å²) >= 11 is 0. The van der Waals surface area contributed by atoms with Crippen molar-refractivity contribution >= 4 is 16.8 Å². The van der Waals surface area contributed by atoms with E-state index in [4.69, 9.17) is 0 Å². The Balaban J connectivity index is 1.50. The van der Waals surface area contributed by atoms with E-state index in [0.29, 0.717) is 17.7 Å². The Hall–Kier alpha value is -3.55. The van der Waals surface area contributed by atoms with Gasteiger partial charge >= 0.3 is 0 Å². The van der Waals surface area contributed by atoms with Crippen molar-refractivity contribution in [3.05, 3.63) is 107 Å². The van der Waals surface area contributed by atoms with Gasteiger partial charge < -0.3 is 20.3 Å². The van der Waals surface area contributed by atoms with E-state index in [1.54, 1.807) is 6.07 Å². The molecule has 1 amide bonds. The number of rotatable bonds is 12. The average molecular weight is 520 g/mol. The van der Waals surface area contributed by atoms with Crippen molar-refractivity contribution in [1.82, 2.24) is 15.2 Å². The standard InChI is InChI=1S/C31H35F2N3O2/c1-3-11-36-12-10-24-8-9-25(17-29(24)36)31(38)35-28(16-23-14-26(32)18-27(33)15-23)30(37)20-34-19-22-7-5-6-21(4-2)13-22/h5-10,12-15,17-18,28,30,34,37H,3-4,11,16,19-20H2,1-2H3,(H,35,38)/t28-,30+/m0/s1. The summed E-state index contributed by atoms with van der Waals surface area (Å²) in [5.74, 6) is -1.75. The molecule has 1 aromatic heterocycles. The number of carbonyl (C=O) groups excluding carboxylic acids is 1. The van der Waals surface area contributed by atoms with Gasteiger partial charge in [0.25, 0.3) is 5.91 Å². The van der Waals surface area contributed by atoms with Crippen LogP contribution >= 0.6 is 0 Å². The highest BCUT2D eigenvalue weighted by molar-refractivity contribution is 5.98. The average Bonchev–Trinajstić information content (AvgIpc) is 3.30. The third kappa shape index (κ3) is 7.05. The number of aliphatic hydroxyl groups excluding tert-OH is 1. The third-order valence-corrected chi connectivity index (χ3v) is 6.74. The molecule has 4 aromatic rings. The van der Waals surface area contributed by atoms with Crippen molar-refractivity contribution < 1.29 is 18.7 Å². The number of hydrogen-bond donors (Lipinski definition) is 3. The van der Waals surface area contributed by atoms with Crippen molar-refractivity contribution in [2.45, 2.75) is 58.3 Å². The molecule has 3 aromatic carbocycles. The van der Waals surface area contributed by atoms with Crippen molar-refractivity contribution in [1.29, 1.82) is 0 Å². The Morgan fingerprint density at radius 3 is 2.45 bits per heavy atom. The first-order valence-electron chi connectivity index (χ1n) is 13.2. The van der Waals surface area contributed by atoms with E-state index >= 15 is 0 Å². The maximum absolute atomic E-state index is 13.9. The molecule has 0 aliphatic rings. The number of amides is 1. The number of carbonyl (C=O) groups is 1. The summed E-state index contributed by atoms with van der Waals surface area (Å²) in [6, 6.07) is 18.2. The fraction of sp³-hybridized carbons (Fsp3) is 0.323. The summed E-state index contributed by atoms with van der Waals surface area (Å²) in [7, 11) is 0. The van der Waals surface area contributed by atoms with Crippen LogP contribution < -0.4 is 10.6 Å². The topological polar surface area (TPSA) is 66.3 Å². The molecule has 2 atom stereocenters. The fourth-order valence-corrected chi connectivity index (χ4v) is 4.74. The molecule has 0 unspecified atom stereocenters. The van der Waals surface area contributed by atoms with Gasteiger partial charge in [-0.1, -0.05) is 44.2 Å². The van der Waals surface area contributed by atoms with Crippen LogP contribution in [-0.2, 0) is 25.9 Å². The molecule has 0 bridgehead atoms. The van der Waals surface area contributed by atoms with E-state index < -0.39 is 23.8 Å². The van der Waals surface area contributed by atoms with Crippen LogP contribution in [0.1, 0.15) is 47.3 Å². The molecule has 3 N–H and O–H groups in total. The highest BCUT2D eigenvalue weighted by atomic mass is 19.1. The molecule has 0 spiro atoms. The normalized spacial score (nSPS) is 13.0. The molecule has 5 nitrogen and oxygen atoms in total. The van der Waals surface area contributed by atoms with Crippen LogP contribution in [0.3, 0.4) is 0 Å². The summed E-state index contributed by atoms with van der Waals surface area (Å²) in [6.45, 7) is 5.77. The smallest absolute Gasteiger partial charge is 0.251 e. The molecule has 0 saturated heterocycles. The highest BCUT2D eigenvalue weighted by Gasteiger charge is 2.23. The molecule has 0 saturated carbocycles. The first kappa shape index (κ1) is 27.5. The number of nitrogens with zero attached hydrogens (tertiary/aromatic N) is 1. The van der Waals surface area contributed by atoms with E-state index in [0.717, 1.165) is 41.9 Å². The molecule has 7 heteroatoms. The summed E-state index contributed by atoms with van der Waals surface area (Å²) in [4.78, 5) is 13.3. The van der Waals surface area contributed by atoms with Crippen molar-refractivity contribution in [2.24, 2.45) is 0 Å². The summed E-state index contributed by atoms with van der Waals surface area (Å²) < 4.78 is 29.8. The first-order valence-corrected chi connectivity index (χ1v) is 13.2. The lowest BCUT2D eigenvalue weighted by Gasteiger charge is -2.25. The molecule has 0 radical (unpaired) electrons. The lowest BCUT2D eigenvalue weighted by molar-refractivity contribution is 0.0830. The zero-order valence-electron chi connectivity index (χ0n) is 21.9. The molecular weight excluding hydrogens is 484 g/mol. The number of hydrogen-bond acceptors (Lipinski definition) is 3. The van der Waals surface area contributed by atoms with Gasteiger partial charge in [0.15, 0.2) is 0 Å². The molecule has 38 heavy (non-hydrogen) atoms. The number of nitrogens with one attached hydrogen (secondary N) is 2. The van der Waals surface area contributed by atoms with Gasteiger partial charge in [-0.05, 0) is 71.7 Å². The van der Waals surface area contributed by atoms with Crippen molar-refractivity contribution in [2.75, 3.05) is 6.54 Å². The number of aliphatic hydroxyl groups is 1. The third-order valence-electron chi connectivity index (χ3n) is 6.74. The Morgan fingerprint density at radius 1 is 0.947 bits per heavy atom. The second-order valence-corrected chi connectivity index (χ2v) is 9.72. The Labute approximate surface area is 222 Å². The molecule has 0 fully saturated rings. The van der Waals surface area contributed by atoms with E-state index in [9.17, 15) is 18.7 Å². The molecule has 4 rings (SSSR count). The van der Waals surface area contributed by atoms with Crippen LogP contribution in [0.4, 0.5) is 8.78 Å². The minimum atomic E-state index is -0.993. The van der Waals surface area contributed by atoms with Crippen LogP contribution in [0.5, 0.6) is 0 Å². The Kier molecular flexibility index (Phi) is 9.26. The molecule has 200 valence electrons. The zero-order valence-corrected chi connectivity index (χ0v) is 21.9. The molecule has 1 heterocycles. The number of halogens is 2. The second-order valence-electron chi connectivity index (χ2n) is 9.72. The van der Waals surface area contributed by atoms with E-state index in [1.807, 2.05) is 36.5 Å². The molecule has 0 aliphatic heterocycles. The minimum absolute atomic E-state index is 0.0725. The lowest BCUT2D eigenvalue weighted by atomic mass is 10.00. The maximum atomic E-state index is 13.9. The van der Waals surface area contributed by atoms with Gasteiger partial charge in [-0.15, -0.1) is 0 Å². The van der Waals surface area contributed by atoms with Gasteiger partial charge in [0.05, 0.1) is 12.1 Å². The van der Waals surface area contributed by atoms with E-state index in [2.05, 4.69) is 41.2 Å². The number of fused-ring (bicyclic) bond motifs is 1. The lowest BCUT2D eigenvalue weighted by Crippen LogP contribution is -2.48. The zero-order chi connectivity index (χ0) is 27.1. The van der Waals surface area contributed by atoms with Gasteiger partial charge in [0.2, 0.25) is 0 Å². The van der Waals surface area contributed by atoms with Crippen molar-refractivity contribution in [3.8, 4) is 0 Å². The minimum Gasteiger partial charge on any atom is -0.390 e.